The number of nitrogens with zero attached hydrogens (tertiary/aromatic N) is 1. The summed E-state index contributed by atoms with van der Waals surface area (Å²) in [6.07, 6.45) is 6.26. The van der Waals surface area contributed by atoms with Gasteiger partial charge in [0.25, 0.3) is 0 Å². The molecule has 3 rings (SSSR count). The Balaban J connectivity index is 1.72. The second kappa shape index (κ2) is 6.05. The summed E-state index contributed by atoms with van der Waals surface area (Å²) in [6.45, 7) is 4.52. The smallest absolute Gasteiger partial charge is 0.414 e. The van der Waals surface area contributed by atoms with Crippen LogP contribution in [0.4, 0.5) is 9.18 Å². The third-order valence-corrected chi connectivity index (χ3v) is 3.89. The Hall–Kier alpha value is -2.56. The number of fused-ring (bicyclic) bond motifs is 1. The number of H-pyrrole nitrogens is 1. The van der Waals surface area contributed by atoms with Crippen LogP contribution in [-0.4, -0.2) is 29.1 Å². The molecule has 1 aliphatic heterocycles. The number of carbonyl (C=O) groups is 1. The molecule has 4 nitrogen and oxygen atoms in total. The van der Waals surface area contributed by atoms with Gasteiger partial charge >= 0.3 is 6.09 Å². The Morgan fingerprint density at radius 3 is 3.09 bits per heavy atom. The molecule has 22 heavy (non-hydrogen) atoms. The topological polar surface area (TPSA) is 45.3 Å². The molecule has 1 N–H and O–H groups in total. The molecule has 0 saturated carbocycles. The van der Waals surface area contributed by atoms with Gasteiger partial charge in [-0.1, -0.05) is 18.2 Å². The van der Waals surface area contributed by atoms with E-state index in [0.717, 1.165) is 35.6 Å². The van der Waals surface area contributed by atoms with Crippen molar-refractivity contribution in [3.63, 3.8) is 0 Å². The van der Waals surface area contributed by atoms with Crippen LogP contribution in [0.1, 0.15) is 12.0 Å². The lowest BCUT2D eigenvalue weighted by Gasteiger charge is -2.25. The summed E-state index contributed by atoms with van der Waals surface area (Å²) in [5, 5.41) is 0.911. The summed E-state index contributed by atoms with van der Waals surface area (Å²) in [5.74, 6) is -0.232. The van der Waals surface area contributed by atoms with E-state index in [1.807, 2.05) is 12.3 Å². The number of aromatic amines is 1. The van der Waals surface area contributed by atoms with Crippen molar-refractivity contribution in [3.8, 4) is 0 Å². The van der Waals surface area contributed by atoms with Crippen LogP contribution >= 0.6 is 0 Å². The Labute approximate surface area is 127 Å². The first-order chi connectivity index (χ1) is 10.7. The number of hydrogen-bond donors (Lipinski definition) is 1. The Morgan fingerprint density at radius 2 is 2.36 bits per heavy atom. The first-order valence-corrected chi connectivity index (χ1v) is 7.17. The van der Waals surface area contributed by atoms with Crippen molar-refractivity contribution in [1.29, 1.82) is 0 Å². The molecule has 2 aromatic rings. The Kier molecular flexibility index (Phi) is 3.96. The van der Waals surface area contributed by atoms with Crippen molar-refractivity contribution in [2.45, 2.75) is 12.8 Å². The molecule has 1 aromatic heterocycles. The summed E-state index contributed by atoms with van der Waals surface area (Å²) < 4.78 is 18.2. The third kappa shape index (κ3) is 2.88. The number of halogens is 1. The predicted octanol–water partition coefficient (Wildman–Crippen LogP) is 3.76. The normalized spacial score (nSPS) is 14.8. The van der Waals surface area contributed by atoms with Crippen LogP contribution in [0.2, 0.25) is 0 Å². The fourth-order valence-electron chi connectivity index (χ4n) is 2.72. The number of nitrogens with one attached hydrogen (secondary N) is 1. The second-order valence-electron chi connectivity index (χ2n) is 5.29. The summed E-state index contributed by atoms with van der Waals surface area (Å²) in [4.78, 5) is 16.4. The minimum absolute atomic E-state index is 0.232. The highest BCUT2D eigenvalue weighted by Crippen LogP contribution is 2.24. The van der Waals surface area contributed by atoms with Gasteiger partial charge in [-0.25, -0.2) is 9.18 Å². The molecule has 0 fully saturated rings. The summed E-state index contributed by atoms with van der Waals surface area (Å²) in [5.41, 5.74) is 3.25. The zero-order valence-corrected chi connectivity index (χ0v) is 12.1. The number of rotatable bonds is 3. The first-order valence-electron chi connectivity index (χ1n) is 7.17. The fourth-order valence-corrected chi connectivity index (χ4v) is 2.72. The minimum Gasteiger partial charge on any atom is -0.419 e. The zero-order valence-electron chi connectivity index (χ0n) is 12.1. The van der Waals surface area contributed by atoms with Gasteiger partial charge in [-0.3, -0.25) is 0 Å². The van der Waals surface area contributed by atoms with Gasteiger partial charge in [0.05, 0.1) is 6.26 Å². The molecule has 1 amide bonds. The minimum atomic E-state index is -0.375. The van der Waals surface area contributed by atoms with Gasteiger partial charge in [0.2, 0.25) is 0 Å². The van der Waals surface area contributed by atoms with Gasteiger partial charge in [-0.2, -0.15) is 0 Å². The van der Waals surface area contributed by atoms with Crippen LogP contribution in [0.25, 0.3) is 10.9 Å². The average molecular weight is 300 g/mol. The molecule has 0 radical (unpaired) electrons. The molecule has 0 saturated heterocycles. The molecule has 5 heteroatoms. The lowest BCUT2D eigenvalue weighted by Crippen LogP contribution is -2.34. The van der Waals surface area contributed by atoms with Crippen molar-refractivity contribution in [1.82, 2.24) is 9.88 Å². The molecule has 1 aromatic carbocycles. The third-order valence-electron chi connectivity index (χ3n) is 3.89. The van der Waals surface area contributed by atoms with Crippen molar-refractivity contribution in [2.75, 3.05) is 13.1 Å². The van der Waals surface area contributed by atoms with Gasteiger partial charge in [-0.15, -0.1) is 0 Å². The number of amides is 1. The maximum atomic E-state index is 13.4. The molecule has 0 bridgehead atoms. The maximum absolute atomic E-state index is 13.4. The number of aromatic nitrogens is 1. The molecule has 0 atom stereocenters. The maximum Gasteiger partial charge on any atom is 0.414 e. The van der Waals surface area contributed by atoms with E-state index in [0.29, 0.717) is 13.1 Å². The Bertz CT molecular complexity index is 748. The van der Waals surface area contributed by atoms with Gasteiger partial charge in [-0.05, 0) is 36.6 Å². The van der Waals surface area contributed by atoms with Crippen LogP contribution < -0.4 is 0 Å². The standard InChI is InChI=1S/C17H17FN2O2/c1-2-22-17(21)20-7-5-12(6-8-20)9-13-11-19-16-4-3-14(18)10-15(13)16/h2-5,10-11,19H,1,6-9H2. The van der Waals surface area contributed by atoms with E-state index in [2.05, 4.69) is 11.6 Å². The van der Waals surface area contributed by atoms with Crippen molar-refractivity contribution in [3.05, 3.63) is 60.3 Å². The van der Waals surface area contributed by atoms with Crippen molar-refractivity contribution in [2.24, 2.45) is 0 Å². The van der Waals surface area contributed by atoms with Crippen LogP contribution in [0.3, 0.4) is 0 Å². The highest BCUT2D eigenvalue weighted by molar-refractivity contribution is 5.83. The molecule has 1 aliphatic rings. The van der Waals surface area contributed by atoms with Crippen LogP contribution in [0.5, 0.6) is 0 Å². The van der Waals surface area contributed by atoms with E-state index in [1.165, 1.54) is 11.6 Å². The monoisotopic (exact) mass is 300 g/mol. The lowest BCUT2D eigenvalue weighted by molar-refractivity contribution is 0.141. The van der Waals surface area contributed by atoms with Crippen LogP contribution in [0, 0.1) is 5.82 Å². The predicted molar refractivity (Wildman–Crippen MR) is 82.9 cm³/mol. The van der Waals surface area contributed by atoms with Gasteiger partial charge in [0, 0.05) is 30.2 Å². The molecular formula is C17H17FN2O2. The molecule has 114 valence electrons. The molecule has 0 aliphatic carbocycles. The zero-order chi connectivity index (χ0) is 15.5. The largest absolute Gasteiger partial charge is 0.419 e. The van der Waals surface area contributed by atoms with E-state index >= 15 is 0 Å². The van der Waals surface area contributed by atoms with E-state index in [-0.39, 0.29) is 11.9 Å². The highest BCUT2D eigenvalue weighted by Gasteiger charge is 2.18. The average Bonchev–Trinajstić information content (AvgIpc) is 2.90. The second-order valence-corrected chi connectivity index (χ2v) is 5.29. The van der Waals surface area contributed by atoms with Gasteiger partial charge < -0.3 is 14.6 Å². The van der Waals surface area contributed by atoms with Crippen molar-refractivity contribution < 1.29 is 13.9 Å². The van der Waals surface area contributed by atoms with Crippen molar-refractivity contribution >= 4 is 17.0 Å². The van der Waals surface area contributed by atoms with Gasteiger partial charge in [0.15, 0.2) is 0 Å². The summed E-state index contributed by atoms with van der Waals surface area (Å²) >= 11 is 0. The van der Waals surface area contributed by atoms with E-state index < -0.39 is 0 Å². The first kappa shape index (κ1) is 14.4. The van der Waals surface area contributed by atoms with Crippen LogP contribution in [0.15, 0.2) is 48.9 Å². The molecule has 0 spiro atoms. The van der Waals surface area contributed by atoms with E-state index in [1.54, 1.807) is 17.0 Å². The quantitative estimate of drug-likeness (QED) is 0.693. The molecule has 2 heterocycles. The number of carbonyl (C=O) groups excluding carboxylic acids is 1. The SMILES string of the molecule is C=COC(=O)N1CC=C(Cc2c[nH]c3ccc(F)cc23)CC1. The summed E-state index contributed by atoms with van der Waals surface area (Å²) in [6, 6.07) is 4.75. The number of benzene rings is 1. The number of hydrogen-bond acceptors (Lipinski definition) is 2. The highest BCUT2D eigenvalue weighted by atomic mass is 19.1. The fraction of sp³-hybridized carbons (Fsp3) is 0.235. The van der Waals surface area contributed by atoms with Gasteiger partial charge in [0.1, 0.15) is 5.82 Å². The lowest BCUT2D eigenvalue weighted by atomic mass is 9.99. The van der Waals surface area contributed by atoms with Crippen LogP contribution in [-0.2, 0) is 11.2 Å². The summed E-state index contributed by atoms with van der Waals surface area (Å²) in [7, 11) is 0. The van der Waals surface area contributed by atoms with E-state index in [4.69, 9.17) is 4.74 Å². The molecule has 0 unspecified atom stereocenters. The number of ether oxygens (including phenoxy) is 1. The Morgan fingerprint density at radius 1 is 1.50 bits per heavy atom. The van der Waals surface area contributed by atoms with E-state index in [9.17, 15) is 9.18 Å². The molecular weight excluding hydrogens is 283 g/mol.